The summed E-state index contributed by atoms with van der Waals surface area (Å²) >= 11 is 0. The van der Waals surface area contributed by atoms with E-state index < -0.39 is 8.32 Å². The van der Waals surface area contributed by atoms with E-state index in [1.165, 1.54) is 6.08 Å². The Balaban J connectivity index is 2.86. The molecule has 18 heavy (non-hydrogen) atoms. The molecular formula is C13H25NO3Si. The second-order valence-electron chi connectivity index (χ2n) is 6.82. The first-order valence-corrected chi connectivity index (χ1v) is 9.72. The summed E-state index contributed by atoms with van der Waals surface area (Å²) in [6.07, 6.45) is 3.08. The monoisotopic (exact) mass is 271 g/mol. The molecule has 0 aliphatic carbocycles. The maximum atomic E-state index is 11.2. The number of hydrogen-bond acceptors (Lipinski definition) is 4. The highest BCUT2D eigenvalue weighted by molar-refractivity contribution is 6.69. The van der Waals surface area contributed by atoms with Crippen molar-refractivity contribution < 1.29 is 14.1 Å². The van der Waals surface area contributed by atoms with Crippen LogP contribution in [0.15, 0.2) is 12.2 Å². The van der Waals surface area contributed by atoms with E-state index >= 15 is 0 Å². The summed E-state index contributed by atoms with van der Waals surface area (Å²) in [5, 5.41) is 1.87. The normalized spacial score (nSPS) is 22.4. The second kappa shape index (κ2) is 5.15. The molecule has 4 nitrogen and oxygen atoms in total. The summed E-state index contributed by atoms with van der Waals surface area (Å²) in [6, 6.07) is 0.00641. The molecule has 2 unspecified atom stereocenters. The molecule has 0 aromatic carbocycles. The van der Waals surface area contributed by atoms with E-state index in [4.69, 9.17) is 9.26 Å². The molecule has 104 valence electrons. The Bertz CT molecular complexity index is 341. The average Bonchev–Trinajstić information content (AvgIpc) is 2.45. The van der Waals surface area contributed by atoms with Crippen LogP contribution in [0.2, 0.25) is 19.6 Å². The van der Waals surface area contributed by atoms with Gasteiger partial charge in [-0.3, -0.25) is 0 Å². The highest BCUT2D eigenvalue weighted by Crippen LogP contribution is 2.31. The zero-order valence-corrected chi connectivity index (χ0v) is 13.5. The largest absolute Gasteiger partial charge is 0.453 e. The standard InChI is InChI=1S/C13H25NO3Si/c1-13(2,3)12(10-8-9-11(15)16-10)14(4)17-18(5,6)7/h8-10,12H,1-7H3. The van der Waals surface area contributed by atoms with Crippen molar-refractivity contribution in [3.8, 4) is 0 Å². The zero-order chi connectivity index (χ0) is 14.1. The quantitative estimate of drug-likeness (QED) is 0.447. The van der Waals surface area contributed by atoms with Crippen molar-refractivity contribution in [2.75, 3.05) is 7.05 Å². The van der Waals surface area contributed by atoms with Crippen LogP contribution in [0.1, 0.15) is 20.8 Å². The van der Waals surface area contributed by atoms with Gasteiger partial charge in [-0.15, -0.1) is 0 Å². The van der Waals surface area contributed by atoms with Gasteiger partial charge in [-0.05, 0) is 31.1 Å². The Morgan fingerprint density at radius 1 is 1.39 bits per heavy atom. The summed E-state index contributed by atoms with van der Waals surface area (Å²) in [6.45, 7) is 12.8. The Hall–Kier alpha value is -0.653. The van der Waals surface area contributed by atoms with E-state index in [0.29, 0.717) is 0 Å². The van der Waals surface area contributed by atoms with Crippen molar-refractivity contribution in [1.82, 2.24) is 5.06 Å². The van der Waals surface area contributed by atoms with Crippen LogP contribution in [-0.2, 0) is 14.1 Å². The van der Waals surface area contributed by atoms with Crippen molar-refractivity contribution in [2.24, 2.45) is 5.41 Å². The number of carbonyl (C=O) groups is 1. The van der Waals surface area contributed by atoms with Gasteiger partial charge in [0.2, 0.25) is 8.32 Å². The minimum atomic E-state index is -1.67. The lowest BCUT2D eigenvalue weighted by Crippen LogP contribution is -2.52. The summed E-state index contributed by atoms with van der Waals surface area (Å²) in [4.78, 5) is 11.2. The van der Waals surface area contributed by atoms with Crippen molar-refractivity contribution in [3.63, 3.8) is 0 Å². The Kier molecular flexibility index (Phi) is 4.41. The minimum Gasteiger partial charge on any atom is -0.453 e. The predicted molar refractivity (Wildman–Crippen MR) is 74.5 cm³/mol. The number of ether oxygens (including phenoxy) is 1. The topological polar surface area (TPSA) is 38.8 Å². The molecule has 0 bridgehead atoms. The summed E-state index contributed by atoms with van der Waals surface area (Å²) < 4.78 is 11.4. The Morgan fingerprint density at radius 2 is 1.94 bits per heavy atom. The number of hydrogen-bond donors (Lipinski definition) is 0. The van der Waals surface area contributed by atoms with Crippen molar-refractivity contribution >= 4 is 14.3 Å². The fourth-order valence-electron chi connectivity index (χ4n) is 2.29. The summed E-state index contributed by atoms with van der Waals surface area (Å²) in [7, 11) is 0.256. The molecule has 0 aromatic rings. The highest BCUT2D eigenvalue weighted by atomic mass is 28.4. The van der Waals surface area contributed by atoms with E-state index in [0.717, 1.165) is 0 Å². The molecule has 2 atom stereocenters. The molecule has 1 rings (SSSR count). The van der Waals surface area contributed by atoms with Gasteiger partial charge >= 0.3 is 5.97 Å². The van der Waals surface area contributed by atoms with Crippen LogP contribution in [0.3, 0.4) is 0 Å². The first-order valence-electron chi connectivity index (χ1n) is 6.31. The molecule has 0 aromatic heterocycles. The highest BCUT2D eigenvalue weighted by Gasteiger charge is 2.40. The van der Waals surface area contributed by atoms with Gasteiger partial charge in [0, 0.05) is 13.1 Å². The van der Waals surface area contributed by atoms with Crippen LogP contribution in [0.4, 0.5) is 0 Å². The number of rotatable bonds is 4. The van der Waals surface area contributed by atoms with E-state index in [1.54, 1.807) is 0 Å². The van der Waals surface area contributed by atoms with E-state index in [1.807, 2.05) is 18.2 Å². The van der Waals surface area contributed by atoms with E-state index in [-0.39, 0.29) is 23.5 Å². The van der Waals surface area contributed by atoms with Gasteiger partial charge in [-0.2, -0.15) is 5.06 Å². The zero-order valence-electron chi connectivity index (χ0n) is 12.5. The van der Waals surface area contributed by atoms with Crippen molar-refractivity contribution in [3.05, 3.63) is 12.2 Å². The van der Waals surface area contributed by atoms with Crippen LogP contribution in [0, 0.1) is 5.41 Å². The number of likely N-dealkylation sites (N-methyl/N-ethyl adjacent to an activating group) is 1. The van der Waals surface area contributed by atoms with E-state index in [2.05, 4.69) is 40.4 Å². The minimum absolute atomic E-state index is 0.00641. The average molecular weight is 271 g/mol. The van der Waals surface area contributed by atoms with Crippen LogP contribution < -0.4 is 0 Å². The van der Waals surface area contributed by atoms with Crippen LogP contribution in [0.25, 0.3) is 0 Å². The molecule has 0 radical (unpaired) electrons. The van der Waals surface area contributed by atoms with Crippen LogP contribution in [0.5, 0.6) is 0 Å². The van der Waals surface area contributed by atoms with Crippen LogP contribution >= 0.6 is 0 Å². The lowest BCUT2D eigenvalue weighted by molar-refractivity contribution is -0.162. The SMILES string of the molecule is CN(O[Si](C)(C)C)C(C1C=CC(=O)O1)C(C)(C)C. The smallest absolute Gasteiger partial charge is 0.331 e. The third kappa shape index (κ3) is 4.22. The van der Waals surface area contributed by atoms with Gasteiger partial charge in [0.1, 0.15) is 6.10 Å². The summed E-state index contributed by atoms with van der Waals surface area (Å²) in [5.41, 5.74) is -0.0476. The van der Waals surface area contributed by atoms with Crippen molar-refractivity contribution in [1.29, 1.82) is 0 Å². The number of nitrogens with zero attached hydrogens (tertiary/aromatic N) is 1. The van der Waals surface area contributed by atoms with E-state index in [9.17, 15) is 4.79 Å². The third-order valence-electron chi connectivity index (χ3n) is 2.68. The molecule has 0 saturated carbocycles. The molecule has 0 spiro atoms. The maximum absolute atomic E-state index is 11.2. The van der Waals surface area contributed by atoms with Gasteiger partial charge in [-0.1, -0.05) is 20.8 Å². The van der Waals surface area contributed by atoms with Gasteiger partial charge in [0.15, 0.2) is 0 Å². The lowest BCUT2D eigenvalue weighted by atomic mass is 9.83. The Morgan fingerprint density at radius 3 is 2.28 bits per heavy atom. The second-order valence-corrected chi connectivity index (χ2v) is 11.2. The molecular weight excluding hydrogens is 246 g/mol. The van der Waals surface area contributed by atoms with Crippen LogP contribution in [-0.4, -0.2) is 38.5 Å². The molecule has 1 heterocycles. The molecule has 1 aliphatic heterocycles. The number of hydroxylamine groups is 2. The summed E-state index contributed by atoms with van der Waals surface area (Å²) in [5.74, 6) is -0.268. The van der Waals surface area contributed by atoms with Gasteiger partial charge in [-0.25, -0.2) is 4.79 Å². The molecule has 1 aliphatic rings. The molecule has 0 N–H and O–H groups in total. The lowest BCUT2D eigenvalue weighted by Gasteiger charge is -2.42. The first-order chi connectivity index (χ1) is 8.00. The third-order valence-corrected chi connectivity index (χ3v) is 3.52. The molecule has 5 heteroatoms. The predicted octanol–water partition coefficient (Wildman–Crippen LogP) is 2.58. The van der Waals surface area contributed by atoms with Crippen molar-refractivity contribution in [2.45, 2.75) is 52.6 Å². The van der Waals surface area contributed by atoms with Gasteiger partial charge in [0.05, 0.1) is 6.04 Å². The van der Waals surface area contributed by atoms with Gasteiger partial charge < -0.3 is 9.26 Å². The maximum Gasteiger partial charge on any atom is 0.331 e. The number of cyclic esters (lactones) is 1. The molecule has 0 saturated heterocycles. The molecule has 0 fully saturated rings. The number of carbonyl (C=O) groups excluding carboxylic acids is 1. The first kappa shape index (κ1) is 15.4. The fourth-order valence-corrected chi connectivity index (χ4v) is 3.27. The Labute approximate surface area is 111 Å². The fraction of sp³-hybridized carbons (Fsp3) is 0.769. The van der Waals surface area contributed by atoms with Gasteiger partial charge in [0.25, 0.3) is 0 Å². The number of esters is 1. The molecule has 0 amide bonds.